The number of pyridine rings is 1. The molecule has 0 radical (unpaired) electrons. The maximum atomic E-state index is 5.33. The molecule has 0 aliphatic carbocycles. The van der Waals surface area contributed by atoms with Crippen molar-refractivity contribution in [2.45, 2.75) is 25.9 Å². The summed E-state index contributed by atoms with van der Waals surface area (Å²) >= 11 is 0. The highest BCUT2D eigenvalue weighted by atomic mass is 16.5. The van der Waals surface area contributed by atoms with E-state index in [2.05, 4.69) is 43.5 Å². The summed E-state index contributed by atoms with van der Waals surface area (Å²) in [5.74, 6) is 2.07. The number of ether oxygens (including phenoxy) is 1. The minimum atomic E-state index is 0.528. The molecule has 1 aromatic carbocycles. The van der Waals surface area contributed by atoms with Gasteiger partial charge in [0.05, 0.1) is 13.7 Å². The number of tetrazole rings is 1. The van der Waals surface area contributed by atoms with Gasteiger partial charge in [0.25, 0.3) is 0 Å². The SMILES string of the molecule is COc1cccc(CN2CCC[C@@H](Cn3nnc(-c4cccnc4)n3)C2)c1. The van der Waals surface area contributed by atoms with Crippen molar-refractivity contribution in [1.82, 2.24) is 30.1 Å². The molecule has 1 aliphatic heterocycles. The summed E-state index contributed by atoms with van der Waals surface area (Å²) in [6.07, 6.45) is 5.89. The van der Waals surface area contributed by atoms with Crippen LogP contribution in [0.15, 0.2) is 48.8 Å². The van der Waals surface area contributed by atoms with Gasteiger partial charge in [-0.2, -0.15) is 4.80 Å². The molecule has 1 atom stereocenters. The molecule has 4 rings (SSSR count). The lowest BCUT2D eigenvalue weighted by Gasteiger charge is -2.32. The Balaban J connectivity index is 1.36. The molecule has 3 aromatic rings. The van der Waals surface area contributed by atoms with Crippen LogP contribution in [0.4, 0.5) is 0 Å². The molecule has 0 N–H and O–H groups in total. The lowest BCUT2D eigenvalue weighted by molar-refractivity contribution is 0.149. The molecule has 140 valence electrons. The minimum Gasteiger partial charge on any atom is -0.497 e. The Bertz CT molecular complexity index is 866. The van der Waals surface area contributed by atoms with Crippen LogP contribution in [0.3, 0.4) is 0 Å². The van der Waals surface area contributed by atoms with Crippen LogP contribution in [-0.2, 0) is 13.1 Å². The lowest BCUT2D eigenvalue weighted by atomic mass is 9.97. The van der Waals surface area contributed by atoms with Gasteiger partial charge < -0.3 is 4.74 Å². The van der Waals surface area contributed by atoms with Crippen LogP contribution < -0.4 is 4.74 Å². The Kier molecular flexibility index (Phi) is 5.39. The van der Waals surface area contributed by atoms with Crippen molar-refractivity contribution < 1.29 is 4.74 Å². The zero-order chi connectivity index (χ0) is 18.5. The molecule has 3 heterocycles. The highest BCUT2D eigenvalue weighted by Crippen LogP contribution is 2.21. The number of nitrogens with zero attached hydrogens (tertiary/aromatic N) is 6. The molecule has 27 heavy (non-hydrogen) atoms. The molecule has 7 heteroatoms. The summed E-state index contributed by atoms with van der Waals surface area (Å²) in [6, 6.07) is 12.1. The first-order valence-electron chi connectivity index (χ1n) is 9.33. The molecule has 7 nitrogen and oxygen atoms in total. The minimum absolute atomic E-state index is 0.528. The smallest absolute Gasteiger partial charge is 0.206 e. The van der Waals surface area contributed by atoms with Crippen molar-refractivity contribution in [3.8, 4) is 17.1 Å². The summed E-state index contributed by atoms with van der Waals surface area (Å²) in [5.41, 5.74) is 2.18. The van der Waals surface area contributed by atoms with Crippen LogP contribution in [0.2, 0.25) is 0 Å². The average molecular weight is 364 g/mol. The van der Waals surface area contributed by atoms with E-state index in [1.54, 1.807) is 24.3 Å². The maximum absolute atomic E-state index is 5.33. The third-order valence-electron chi connectivity index (χ3n) is 4.94. The van der Waals surface area contributed by atoms with E-state index in [4.69, 9.17) is 4.74 Å². The summed E-state index contributed by atoms with van der Waals surface area (Å²) < 4.78 is 5.33. The zero-order valence-corrected chi connectivity index (χ0v) is 15.5. The number of aromatic nitrogens is 5. The standard InChI is InChI=1S/C20H24N6O/c1-27-19-8-2-5-16(11-19)13-25-10-4-6-17(14-25)15-26-23-20(22-24-26)18-7-3-9-21-12-18/h2-3,5,7-9,11-12,17H,4,6,10,13-15H2,1H3/t17-/m1/s1. The van der Waals surface area contributed by atoms with Crippen LogP contribution in [0.25, 0.3) is 11.4 Å². The number of rotatable bonds is 6. The molecule has 0 amide bonds. The van der Waals surface area contributed by atoms with Gasteiger partial charge in [0.15, 0.2) is 0 Å². The van der Waals surface area contributed by atoms with E-state index in [0.717, 1.165) is 37.5 Å². The van der Waals surface area contributed by atoms with E-state index in [9.17, 15) is 0 Å². The molecule has 1 aliphatic rings. The topological polar surface area (TPSA) is 69.0 Å². The van der Waals surface area contributed by atoms with Crippen LogP contribution in [0, 0.1) is 5.92 Å². The van der Waals surface area contributed by atoms with E-state index in [1.807, 2.05) is 18.2 Å². The molecule has 0 unspecified atom stereocenters. The van der Waals surface area contributed by atoms with Gasteiger partial charge in [-0.1, -0.05) is 12.1 Å². The summed E-state index contributed by atoms with van der Waals surface area (Å²) in [4.78, 5) is 8.34. The Morgan fingerprint density at radius 3 is 3.04 bits per heavy atom. The van der Waals surface area contributed by atoms with E-state index < -0.39 is 0 Å². The first kappa shape index (κ1) is 17.6. The normalized spacial score (nSPS) is 17.7. The fraction of sp³-hybridized carbons (Fsp3) is 0.400. The number of piperidine rings is 1. The van der Waals surface area contributed by atoms with Gasteiger partial charge in [-0.15, -0.1) is 10.2 Å². The van der Waals surface area contributed by atoms with Crippen molar-refractivity contribution in [1.29, 1.82) is 0 Å². The molecule has 0 bridgehead atoms. The van der Waals surface area contributed by atoms with Crippen LogP contribution in [0.5, 0.6) is 5.75 Å². The van der Waals surface area contributed by atoms with E-state index in [-0.39, 0.29) is 0 Å². The van der Waals surface area contributed by atoms with E-state index in [1.165, 1.54) is 18.4 Å². The Morgan fingerprint density at radius 2 is 2.19 bits per heavy atom. The second-order valence-corrected chi connectivity index (χ2v) is 7.00. The second kappa shape index (κ2) is 8.26. The number of benzene rings is 1. The number of hydrogen-bond donors (Lipinski definition) is 0. The number of likely N-dealkylation sites (tertiary alicyclic amines) is 1. The molecule has 2 aromatic heterocycles. The highest BCUT2D eigenvalue weighted by molar-refractivity contribution is 5.51. The third kappa shape index (κ3) is 4.49. The fourth-order valence-corrected chi connectivity index (χ4v) is 3.64. The van der Waals surface area contributed by atoms with Crippen molar-refractivity contribution >= 4 is 0 Å². The van der Waals surface area contributed by atoms with Crippen LogP contribution >= 0.6 is 0 Å². The molecule has 0 saturated carbocycles. The molecule has 1 saturated heterocycles. The highest BCUT2D eigenvalue weighted by Gasteiger charge is 2.21. The average Bonchev–Trinajstić information content (AvgIpc) is 3.17. The monoisotopic (exact) mass is 364 g/mol. The first-order chi connectivity index (χ1) is 13.3. The number of hydrogen-bond acceptors (Lipinski definition) is 6. The van der Waals surface area contributed by atoms with Crippen molar-refractivity contribution in [2.75, 3.05) is 20.2 Å². The van der Waals surface area contributed by atoms with Crippen LogP contribution in [0.1, 0.15) is 18.4 Å². The van der Waals surface area contributed by atoms with Gasteiger partial charge in [0.1, 0.15) is 5.75 Å². The summed E-state index contributed by atoms with van der Waals surface area (Å²) in [6.45, 7) is 3.90. The van der Waals surface area contributed by atoms with E-state index in [0.29, 0.717) is 11.7 Å². The fourth-order valence-electron chi connectivity index (χ4n) is 3.64. The first-order valence-corrected chi connectivity index (χ1v) is 9.33. The summed E-state index contributed by atoms with van der Waals surface area (Å²) in [7, 11) is 1.71. The van der Waals surface area contributed by atoms with E-state index >= 15 is 0 Å². The molecule has 0 spiro atoms. The molecule has 1 fully saturated rings. The Hall–Kier alpha value is -2.80. The van der Waals surface area contributed by atoms with Gasteiger partial charge >= 0.3 is 0 Å². The van der Waals surface area contributed by atoms with Gasteiger partial charge in [-0.25, -0.2) is 0 Å². The Labute approximate surface area is 159 Å². The third-order valence-corrected chi connectivity index (χ3v) is 4.94. The largest absolute Gasteiger partial charge is 0.497 e. The van der Waals surface area contributed by atoms with Crippen molar-refractivity contribution in [3.63, 3.8) is 0 Å². The Morgan fingerprint density at radius 1 is 1.22 bits per heavy atom. The summed E-state index contributed by atoms with van der Waals surface area (Å²) in [5, 5.41) is 12.9. The second-order valence-electron chi connectivity index (χ2n) is 7.00. The maximum Gasteiger partial charge on any atom is 0.206 e. The predicted molar refractivity (Wildman–Crippen MR) is 102 cm³/mol. The van der Waals surface area contributed by atoms with Gasteiger partial charge in [0.2, 0.25) is 5.82 Å². The van der Waals surface area contributed by atoms with Crippen LogP contribution in [-0.4, -0.2) is 50.3 Å². The predicted octanol–water partition coefficient (Wildman–Crippen LogP) is 2.66. The van der Waals surface area contributed by atoms with Gasteiger partial charge in [-0.05, 0) is 60.3 Å². The van der Waals surface area contributed by atoms with Gasteiger partial charge in [-0.3, -0.25) is 9.88 Å². The molecular weight excluding hydrogens is 340 g/mol. The molecular formula is C20H24N6O. The van der Waals surface area contributed by atoms with Gasteiger partial charge in [0, 0.05) is 31.0 Å². The quantitative estimate of drug-likeness (QED) is 0.670. The lowest BCUT2D eigenvalue weighted by Crippen LogP contribution is -2.36. The van der Waals surface area contributed by atoms with Crippen molar-refractivity contribution in [3.05, 3.63) is 54.4 Å². The zero-order valence-electron chi connectivity index (χ0n) is 15.5. The number of methoxy groups -OCH3 is 1. The van der Waals surface area contributed by atoms with Crippen molar-refractivity contribution in [2.24, 2.45) is 5.92 Å².